The Balaban J connectivity index is 2.21. The highest BCUT2D eigenvalue weighted by Crippen LogP contribution is 2.20. The highest BCUT2D eigenvalue weighted by molar-refractivity contribution is 5.42. The quantitative estimate of drug-likeness (QED) is 0.683. The minimum atomic E-state index is 0.750. The molecule has 76 valence electrons. The van der Waals surface area contributed by atoms with E-state index in [-0.39, 0.29) is 0 Å². The van der Waals surface area contributed by atoms with E-state index in [4.69, 9.17) is 0 Å². The third-order valence-corrected chi connectivity index (χ3v) is 2.77. The van der Waals surface area contributed by atoms with Crippen LogP contribution in [0.5, 0.6) is 0 Å². The van der Waals surface area contributed by atoms with Crippen molar-refractivity contribution < 1.29 is 0 Å². The van der Waals surface area contributed by atoms with Gasteiger partial charge in [0, 0.05) is 18.3 Å². The fraction of sp³-hybridized carbons (Fsp3) is 0.636. The van der Waals surface area contributed by atoms with Gasteiger partial charge in [0.25, 0.3) is 0 Å². The zero-order chi connectivity index (χ0) is 9.80. The average molecular weight is 191 g/mol. The van der Waals surface area contributed by atoms with Crippen molar-refractivity contribution >= 4 is 5.82 Å². The van der Waals surface area contributed by atoms with Crippen molar-refractivity contribution in [3.8, 4) is 0 Å². The van der Waals surface area contributed by atoms with E-state index >= 15 is 0 Å². The van der Waals surface area contributed by atoms with E-state index < -0.39 is 0 Å². The lowest BCUT2D eigenvalue weighted by atomic mass is 9.98. The maximum Gasteiger partial charge on any atom is 0.132 e. The molecule has 1 aromatic heterocycles. The minimum absolute atomic E-state index is 0.750. The van der Waals surface area contributed by atoms with Gasteiger partial charge in [-0.25, -0.2) is 9.97 Å². The van der Waals surface area contributed by atoms with Crippen molar-refractivity contribution in [2.24, 2.45) is 5.92 Å². The van der Waals surface area contributed by atoms with Crippen LogP contribution in [0.1, 0.15) is 31.7 Å². The summed E-state index contributed by atoms with van der Waals surface area (Å²) in [7, 11) is 0. The topological polar surface area (TPSA) is 37.8 Å². The van der Waals surface area contributed by atoms with E-state index in [0.717, 1.165) is 24.7 Å². The monoisotopic (exact) mass is 191 g/mol. The van der Waals surface area contributed by atoms with Crippen LogP contribution >= 0.6 is 0 Å². The number of nitrogens with one attached hydrogen (secondary N) is 1. The van der Waals surface area contributed by atoms with Crippen LogP contribution in [-0.4, -0.2) is 16.5 Å². The molecular formula is C11H17N3. The van der Waals surface area contributed by atoms with Gasteiger partial charge in [-0.1, -0.05) is 19.8 Å². The maximum atomic E-state index is 4.27. The zero-order valence-electron chi connectivity index (χ0n) is 8.66. The van der Waals surface area contributed by atoms with Crippen LogP contribution in [0.4, 0.5) is 5.82 Å². The molecule has 3 nitrogen and oxygen atoms in total. The number of hydrogen-bond donors (Lipinski definition) is 1. The molecule has 1 atom stereocenters. The molecule has 3 heteroatoms. The molecule has 0 saturated heterocycles. The molecule has 0 fully saturated rings. The number of rotatable bonds is 0. The Labute approximate surface area is 85.0 Å². The first-order valence-electron chi connectivity index (χ1n) is 5.39. The molecule has 0 aliphatic carbocycles. The van der Waals surface area contributed by atoms with E-state index in [1.807, 2.05) is 6.20 Å². The second-order valence-corrected chi connectivity index (χ2v) is 4.13. The first-order valence-corrected chi connectivity index (χ1v) is 5.39. The Morgan fingerprint density at radius 3 is 3.29 bits per heavy atom. The minimum Gasteiger partial charge on any atom is -0.370 e. The van der Waals surface area contributed by atoms with E-state index in [9.17, 15) is 0 Å². The second-order valence-electron chi connectivity index (χ2n) is 4.13. The van der Waals surface area contributed by atoms with Gasteiger partial charge in [0.15, 0.2) is 0 Å². The van der Waals surface area contributed by atoms with E-state index in [1.54, 1.807) is 6.33 Å². The van der Waals surface area contributed by atoms with Gasteiger partial charge >= 0.3 is 0 Å². The molecule has 0 saturated carbocycles. The summed E-state index contributed by atoms with van der Waals surface area (Å²) in [5.74, 6) is 1.79. The van der Waals surface area contributed by atoms with Crippen molar-refractivity contribution in [3.63, 3.8) is 0 Å². The number of fused-ring (bicyclic) bond motifs is 1. The average Bonchev–Trinajstić information content (AvgIpc) is 2.27. The molecule has 2 rings (SSSR count). The predicted molar refractivity (Wildman–Crippen MR) is 57.2 cm³/mol. The van der Waals surface area contributed by atoms with Crippen LogP contribution in [0.3, 0.4) is 0 Å². The second kappa shape index (κ2) is 4.40. The standard InChI is InChI=1S/C11H17N3/c1-9-4-2-3-5-13-11-10(6-9)7-12-8-14-11/h7-9H,2-6H2,1H3,(H,12,13,14). The summed E-state index contributed by atoms with van der Waals surface area (Å²) >= 11 is 0. The molecule has 1 aromatic rings. The molecule has 1 aliphatic rings. The molecule has 1 unspecified atom stereocenters. The van der Waals surface area contributed by atoms with Gasteiger partial charge in [-0.2, -0.15) is 0 Å². The summed E-state index contributed by atoms with van der Waals surface area (Å²) in [5, 5.41) is 3.37. The normalized spacial score (nSPS) is 22.5. The largest absolute Gasteiger partial charge is 0.370 e. The lowest BCUT2D eigenvalue weighted by Gasteiger charge is -2.10. The molecular weight excluding hydrogens is 174 g/mol. The molecule has 1 aliphatic heterocycles. The Morgan fingerprint density at radius 1 is 1.43 bits per heavy atom. The molecule has 2 heterocycles. The van der Waals surface area contributed by atoms with Gasteiger partial charge < -0.3 is 5.32 Å². The van der Waals surface area contributed by atoms with E-state index in [0.29, 0.717) is 0 Å². The zero-order valence-corrected chi connectivity index (χ0v) is 8.66. The Hall–Kier alpha value is -1.12. The molecule has 0 bridgehead atoms. The Kier molecular flexibility index (Phi) is 2.96. The van der Waals surface area contributed by atoms with Gasteiger partial charge in [0.1, 0.15) is 12.1 Å². The van der Waals surface area contributed by atoms with Crippen LogP contribution < -0.4 is 5.32 Å². The Bertz CT molecular complexity index is 298. The van der Waals surface area contributed by atoms with Gasteiger partial charge in [-0.05, 0) is 18.8 Å². The third-order valence-electron chi connectivity index (χ3n) is 2.77. The van der Waals surface area contributed by atoms with Crippen LogP contribution in [0.25, 0.3) is 0 Å². The molecule has 0 amide bonds. The van der Waals surface area contributed by atoms with Gasteiger partial charge in [0.2, 0.25) is 0 Å². The number of hydrogen-bond acceptors (Lipinski definition) is 3. The summed E-state index contributed by atoms with van der Waals surface area (Å²) in [5.41, 5.74) is 1.27. The van der Waals surface area contributed by atoms with Crippen molar-refractivity contribution in [3.05, 3.63) is 18.1 Å². The van der Waals surface area contributed by atoms with Crippen LogP contribution in [-0.2, 0) is 6.42 Å². The van der Waals surface area contributed by atoms with Crippen molar-refractivity contribution in [2.75, 3.05) is 11.9 Å². The molecule has 14 heavy (non-hydrogen) atoms. The summed E-state index contributed by atoms with van der Waals surface area (Å²) in [6.45, 7) is 3.35. The highest BCUT2D eigenvalue weighted by atomic mass is 15.0. The number of anilines is 1. The lowest BCUT2D eigenvalue weighted by Crippen LogP contribution is -2.06. The smallest absolute Gasteiger partial charge is 0.132 e. The Morgan fingerprint density at radius 2 is 2.36 bits per heavy atom. The molecule has 0 spiro atoms. The van der Waals surface area contributed by atoms with E-state index in [1.165, 1.54) is 24.8 Å². The first kappa shape index (κ1) is 9.44. The first-order chi connectivity index (χ1) is 6.86. The lowest BCUT2D eigenvalue weighted by molar-refractivity contribution is 0.504. The fourth-order valence-corrected chi connectivity index (χ4v) is 1.97. The SMILES string of the molecule is CC1CCCCNc2ncncc2C1. The van der Waals surface area contributed by atoms with Gasteiger partial charge in [-0.3, -0.25) is 0 Å². The summed E-state index contributed by atoms with van der Waals surface area (Å²) in [4.78, 5) is 8.36. The summed E-state index contributed by atoms with van der Waals surface area (Å²) in [6.07, 6.45) is 8.54. The molecule has 0 radical (unpaired) electrons. The van der Waals surface area contributed by atoms with Crippen molar-refractivity contribution in [1.82, 2.24) is 9.97 Å². The predicted octanol–water partition coefficient (Wildman–Crippen LogP) is 2.25. The highest BCUT2D eigenvalue weighted by Gasteiger charge is 2.10. The number of nitrogens with zero attached hydrogens (tertiary/aromatic N) is 2. The van der Waals surface area contributed by atoms with Gasteiger partial charge in [-0.15, -0.1) is 0 Å². The summed E-state index contributed by atoms with van der Waals surface area (Å²) in [6, 6.07) is 0. The summed E-state index contributed by atoms with van der Waals surface area (Å²) < 4.78 is 0. The van der Waals surface area contributed by atoms with E-state index in [2.05, 4.69) is 22.2 Å². The van der Waals surface area contributed by atoms with Crippen molar-refractivity contribution in [2.45, 2.75) is 32.6 Å². The maximum absolute atomic E-state index is 4.27. The number of aromatic nitrogens is 2. The van der Waals surface area contributed by atoms with Gasteiger partial charge in [0.05, 0.1) is 0 Å². The third kappa shape index (κ3) is 2.22. The molecule has 1 N–H and O–H groups in total. The fourth-order valence-electron chi connectivity index (χ4n) is 1.97. The van der Waals surface area contributed by atoms with Crippen LogP contribution in [0.2, 0.25) is 0 Å². The van der Waals surface area contributed by atoms with Crippen molar-refractivity contribution in [1.29, 1.82) is 0 Å². The van der Waals surface area contributed by atoms with Crippen LogP contribution in [0, 0.1) is 5.92 Å². The van der Waals surface area contributed by atoms with Crippen LogP contribution in [0.15, 0.2) is 12.5 Å². The molecule has 0 aromatic carbocycles.